The van der Waals surface area contributed by atoms with Crippen molar-refractivity contribution >= 4 is 23.4 Å². The molecule has 1 saturated heterocycles. The Morgan fingerprint density at radius 3 is 2.36 bits per heavy atom. The fourth-order valence-corrected chi connectivity index (χ4v) is 3.25. The second-order valence-electron chi connectivity index (χ2n) is 6.28. The lowest BCUT2D eigenvalue weighted by atomic mass is 9.77. The van der Waals surface area contributed by atoms with Crippen molar-refractivity contribution in [3.63, 3.8) is 0 Å². The third kappa shape index (κ3) is 3.50. The van der Waals surface area contributed by atoms with Gasteiger partial charge in [-0.3, -0.25) is 4.79 Å². The molecular weight excluding hydrogens is 401 g/mol. The number of aromatic hydroxyl groups is 1. The number of Topliss-reactive ketones (excluding diaryl/α,β-unsaturated/α-hetero) is 1. The number of carbonyl (C=O) groups excluding carboxylic acids is 2. The molecule has 0 radical (unpaired) electrons. The Morgan fingerprint density at radius 1 is 1.14 bits per heavy atom. The Labute approximate surface area is 161 Å². The normalized spacial score (nSPS) is 25.0. The fourth-order valence-electron chi connectivity index (χ4n) is 3.13. The zero-order valence-corrected chi connectivity index (χ0v) is 14.8. The topological polar surface area (TPSA) is 98.7 Å². The van der Waals surface area contributed by atoms with Gasteiger partial charge in [0.25, 0.3) is 0 Å². The summed E-state index contributed by atoms with van der Waals surface area (Å²) in [7, 11) is 0. The Bertz CT molecular complexity index is 920. The van der Waals surface area contributed by atoms with Crippen LogP contribution in [0.3, 0.4) is 0 Å². The van der Waals surface area contributed by atoms with Gasteiger partial charge in [-0.15, -0.1) is 0 Å². The molecule has 2 amide bonds. The van der Waals surface area contributed by atoms with Crippen LogP contribution in [-0.4, -0.2) is 33.9 Å². The number of phenols is 1. The Balaban J connectivity index is 2.16. The molecule has 1 aliphatic rings. The van der Waals surface area contributed by atoms with Crippen molar-refractivity contribution in [2.75, 3.05) is 0 Å². The molecule has 2 aromatic rings. The second-order valence-corrected chi connectivity index (χ2v) is 6.72. The van der Waals surface area contributed by atoms with E-state index in [9.17, 15) is 33.0 Å². The number of nitrogens with one attached hydrogen (secondary N) is 2. The van der Waals surface area contributed by atoms with E-state index in [2.05, 4.69) is 5.32 Å². The van der Waals surface area contributed by atoms with Crippen LogP contribution in [-0.2, 0) is 0 Å². The first-order valence-corrected chi connectivity index (χ1v) is 8.37. The van der Waals surface area contributed by atoms with E-state index in [1.54, 1.807) is 0 Å². The van der Waals surface area contributed by atoms with Gasteiger partial charge in [0, 0.05) is 10.6 Å². The van der Waals surface area contributed by atoms with Crippen LogP contribution >= 0.6 is 11.6 Å². The smallest absolute Gasteiger partial charge is 0.437 e. The number of urea groups is 1. The largest absolute Gasteiger partial charge is 0.508 e. The van der Waals surface area contributed by atoms with Gasteiger partial charge in [-0.25, -0.2) is 4.79 Å². The van der Waals surface area contributed by atoms with Gasteiger partial charge < -0.3 is 20.8 Å². The average Bonchev–Trinajstić information content (AvgIpc) is 2.60. The highest BCUT2D eigenvalue weighted by Gasteiger charge is 2.66. The molecule has 1 heterocycles. The van der Waals surface area contributed by atoms with Gasteiger partial charge >= 0.3 is 12.2 Å². The van der Waals surface area contributed by atoms with Crippen LogP contribution < -0.4 is 10.6 Å². The molecule has 1 fully saturated rings. The maximum Gasteiger partial charge on any atom is 0.437 e. The highest BCUT2D eigenvalue weighted by Crippen LogP contribution is 2.44. The van der Waals surface area contributed by atoms with Crippen LogP contribution in [0.5, 0.6) is 5.75 Å². The first-order chi connectivity index (χ1) is 13.0. The highest BCUT2D eigenvalue weighted by molar-refractivity contribution is 6.30. The summed E-state index contributed by atoms with van der Waals surface area (Å²) in [6.45, 7) is 0. The van der Waals surface area contributed by atoms with Crippen LogP contribution in [0.15, 0.2) is 48.5 Å². The van der Waals surface area contributed by atoms with Gasteiger partial charge in [0.15, 0.2) is 5.78 Å². The molecule has 0 aromatic heterocycles. The van der Waals surface area contributed by atoms with Crippen molar-refractivity contribution in [2.45, 2.75) is 17.9 Å². The molecule has 3 rings (SSSR count). The molecule has 0 spiro atoms. The van der Waals surface area contributed by atoms with Gasteiger partial charge in [0.05, 0.1) is 6.04 Å². The number of amides is 2. The van der Waals surface area contributed by atoms with E-state index >= 15 is 0 Å². The van der Waals surface area contributed by atoms with E-state index < -0.39 is 35.7 Å². The molecule has 0 unspecified atom stereocenters. The van der Waals surface area contributed by atoms with Crippen molar-refractivity contribution < 1.29 is 33.0 Å². The van der Waals surface area contributed by atoms with Crippen LogP contribution in [0.1, 0.15) is 22.0 Å². The van der Waals surface area contributed by atoms with Crippen LogP contribution in [0.2, 0.25) is 5.02 Å². The zero-order valence-electron chi connectivity index (χ0n) is 14.0. The number of ketones is 1. The number of rotatable bonds is 3. The molecule has 6 nitrogen and oxygen atoms in total. The van der Waals surface area contributed by atoms with Gasteiger partial charge in [-0.05, 0) is 42.0 Å². The van der Waals surface area contributed by atoms with E-state index in [1.165, 1.54) is 47.8 Å². The summed E-state index contributed by atoms with van der Waals surface area (Å²) < 4.78 is 41.2. The van der Waals surface area contributed by atoms with Crippen molar-refractivity contribution in [3.8, 4) is 5.75 Å². The summed E-state index contributed by atoms with van der Waals surface area (Å²) >= 11 is 5.75. The number of benzene rings is 2. The molecule has 4 N–H and O–H groups in total. The van der Waals surface area contributed by atoms with Crippen LogP contribution in [0.25, 0.3) is 0 Å². The average molecular weight is 415 g/mol. The number of halogens is 4. The summed E-state index contributed by atoms with van der Waals surface area (Å²) in [6, 6.07) is 7.26. The second kappa shape index (κ2) is 6.99. The lowest BCUT2D eigenvalue weighted by Gasteiger charge is -2.45. The minimum atomic E-state index is -5.35. The van der Waals surface area contributed by atoms with Crippen LogP contribution in [0, 0.1) is 5.92 Å². The van der Waals surface area contributed by atoms with Crippen molar-refractivity contribution in [1.29, 1.82) is 0 Å². The van der Waals surface area contributed by atoms with E-state index in [0.717, 1.165) is 6.07 Å². The van der Waals surface area contributed by atoms with E-state index in [-0.39, 0.29) is 21.9 Å². The summed E-state index contributed by atoms with van der Waals surface area (Å²) in [5.41, 5.74) is -3.95. The van der Waals surface area contributed by atoms with Crippen molar-refractivity contribution in [3.05, 3.63) is 64.7 Å². The number of carbonyl (C=O) groups is 2. The molecule has 1 aliphatic heterocycles. The van der Waals surface area contributed by atoms with Gasteiger partial charge in [-0.2, -0.15) is 13.2 Å². The molecule has 28 heavy (non-hydrogen) atoms. The monoisotopic (exact) mass is 414 g/mol. The zero-order chi connectivity index (χ0) is 20.7. The molecule has 10 heteroatoms. The SMILES string of the molecule is O=C1N[C@@H](c2cccc(O)c2)[C@H](C(=O)c2ccc(Cl)cc2)[C@@](O)(C(F)(F)F)N1. The van der Waals surface area contributed by atoms with Gasteiger partial charge in [0.2, 0.25) is 5.72 Å². The summed E-state index contributed by atoms with van der Waals surface area (Å²) in [6.07, 6.45) is -5.35. The summed E-state index contributed by atoms with van der Waals surface area (Å²) in [4.78, 5) is 24.9. The summed E-state index contributed by atoms with van der Waals surface area (Å²) in [5, 5.41) is 24.0. The van der Waals surface area contributed by atoms with Gasteiger partial charge in [-0.1, -0.05) is 23.7 Å². The number of alkyl halides is 3. The van der Waals surface area contributed by atoms with E-state index in [4.69, 9.17) is 11.6 Å². The molecule has 148 valence electrons. The number of phenolic OH excluding ortho intramolecular Hbond substituents is 1. The van der Waals surface area contributed by atoms with E-state index in [1.807, 2.05) is 0 Å². The van der Waals surface area contributed by atoms with Gasteiger partial charge in [0.1, 0.15) is 11.7 Å². The highest BCUT2D eigenvalue weighted by atomic mass is 35.5. The minimum absolute atomic E-state index is 0.0184. The molecule has 0 bridgehead atoms. The molecule has 3 atom stereocenters. The third-order valence-electron chi connectivity index (χ3n) is 4.45. The quantitative estimate of drug-likeness (QED) is 0.580. The number of aliphatic hydroxyl groups is 1. The molecular formula is C18H14ClF3N2O4. The Hall–Kier alpha value is -2.78. The maximum absolute atomic E-state index is 13.7. The number of hydrogen-bond acceptors (Lipinski definition) is 4. The lowest BCUT2D eigenvalue weighted by Crippen LogP contribution is -2.72. The van der Waals surface area contributed by atoms with Crippen LogP contribution in [0.4, 0.5) is 18.0 Å². The Kier molecular flexibility index (Phi) is 4.99. The predicted octanol–water partition coefficient (Wildman–Crippen LogP) is 3.15. The first-order valence-electron chi connectivity index (χ1n) is 7.99. The number of hydrogen-bond donors (Lipinski definition) is 4. The summed E-state index contributed by atoms with van der Waals surface area (Å²) in [5.74, 6) is -3.52. The van der Waals surface area contributed by atoms with Crippen molar-refractivity contribution in [1.82, 2.24) is 10.6 Å². The molecule has 2 aromatic carbocycles. The van der Waals surface area contributed by atoms with E-state index in [0.29, 0.717) is 0 Å². The Morgan fingerprint density at radius 2 is 1.79 bits per heavy atom. The fraction of sp³-hybridized carbons (Fsp3) is 0.222. The lowest BCUT2D eigenvalue weighted by molar-refractivity contribution is -0.287. The minimum Gasteiger partial charge on any atom is -0.508 e. The predicted molar refractivity (Wildman–Crippen MR) is 92.8 cm³/mol. The first kappa shape index (κ1) is 20.0. The standard InChI is InChI=1S/C18H14ClF3N2O4/c19-11-6-4-9(5-7-11)15(26)13-14(10-2-1-3-12(25)8-10)23-16(27)24-17(13,28)18(20,21)22/h1-8,13-14,25,28H,(H2,23,24,27)/t13-,14+,17-/m1/s1. The third-order valence-corrected chi connectivity index (χ3v) is 4.70. The maximum atomic E-state index is 13.7. The van der Waals surface area contributed by atoms with Crippen molar-refractivity contribution in [2.24, 2.45) is 5.92 Å². The molecule has 0 saturated carbocycles. The molecule has 0 aliphatic carbocycles.